The topological polar surface area (TPSA) is 29.9 Å². The number of rotatable bonds is 4. The first-order valence-corrected chi connectivity index (χ1v) is 8.51. The molecule has 0 saturated heterocycles. The van der Waals surface area contributed by atoms with Crippen LogP contribution in [0, 0.1) is 32.1 Å². The van der Waals surface area contributed by atoms with E-state index in [9.17, 15) is 0 Å². The third-order valence-electron chi connectivity index (χ3n) is 6.20. The Bertz CT molecular complexity index is 487. The fraction of sp³-hybridized carbons (Fsp3) is 0.833. The molecule has 0 radical (unpaired) electrons. The van der Waals surface area contributed by atoms with Gasteiger partial charge in [0.15, 0.2) is 0 Å². The summed E-state index contributed by atoms with van der Waals surface area (Å²) >= 11 is 0. The summed E-state index contributed by atoms with van der Waals surface area (Å²) in [4.78, 5) is 0. The third-order valence-corrected chi connectivity index (χ3v) is 6.20. The average molecular weight is 291 g/mol. The lowest BCUT2D eigenvalue weighted by Gasteiger charge is -2.43. The van der Waals surface area contributed by atoms with E-state index in [1.165, 1.54) is 42.6 Å². The van der Waals surface area contributed by atoms with Crippen LogP contribution in [-0.2, 0) is 0 Å². The normalized spacial score (nSPS) is 27.1. The number of nitrogens with zero attached hydrogens (tertiary/aromatic N) is 2. The van der Waals surface area contributed by atoms with E-state index in [-0.39, 0.29) is 0 Å². The second-order valence-corrected chi connectivity index (χ2v) is 7.56. The van der Waals surface area contributed by atoms with Crippen molar-refractivity contribution in [1.29, 1.82) is 0 Å². The van der Waals surface area contributed by atoms with Crippen LogP contribution in [0.4, 0.5) is 0 Å². The number of hydrogen-bond donors (Lipinski definition) is 1. The average Bonchev–Trinajstić information content (AvgIpc) is 2.74. The molecule has 21 heavy (non-hydrogen) atoms. The summed E-state index contributed by atoms with van der Waals surface area (Å²) in [6.45, 7) is 13.7. The van der Waals surface area contributed by atoms with Crippen molar-refractivity contribution in [1.82, 2.24) is 15.1 Å². The molecule has 0 spiro atoms. The fourth-order valence-corrected chi connectivity index (χ4v) is 3.82. The van der Waals surface area contributed by atoms with Crippen molar-refractivity contribution in [2.75, 3.05) is 7.05 Å². The fourth-order valence-electron chi connectivity index (χ4n) is 3.82. The van der Waals surface area contributed by atoms with Gasteiger partial charge < -0.3 is 5.32 Å². The van der Waals surface area contributed by atoms with Crippen LogP contribution in [0.2, 0.25) is 0 Å². The van der Waals surface area contributed by atoms with Gasteiger partial charge in [0.25, 0.3) is 0 Å². The highest BCUT2D eigenvalue weighted by Crippen LogP contribution is 2.44. The first-order valence-electron chi connectivity index (χ1n) is 8.51. The van der Waals surface area contributed by atoms with Crippen molar-refractivity contribution >= 4 is 0 Å². The summed E-state index contributed by atoms with van der Waals surface area (Å²) in [6, 6.07) is 1.04. The number of aromatic nitrogens is 2. The molecule has 0 amide bonds. The van der Waals surface area contributed by atoms with Crippen LogP contribution in [-0.4, -0.2) is 22.9 Å². The highest BCUT2D eigenvalue weighted by atomic mass is 15.3. The van der Waals surface area contributed by atoms with Crippen molar-refractivity contribution in [3.8, 4) is 0 Å². The Balaban J connectivity index is 2.31. The predicted molar refractivity (Wildman–Crippen MR) is 89.7 cm³/mol. The minimum absolute atomic E-state index is 0.433. The molecule has 1 aliphatic carbocycles. The Morgan fingerprint density at radius 1 is 1.24 bits per heavy atom. The molecular weight excluding hydrogens is 258 g/mol. The molecule has 3 unspecified atom stereocenters. The van der Waals surface area contributed by atoms with Crippen LogP contribution in [0.25, 0.3) is 0 Å². The summed E-state index contributed by atoms with van der Waals surface area (Å²) in [5.74, 6) is 0.793. The Hall–Kier alpha value is -0.830. The summed E-state index contributed by atoms with van der Waals surface area (Å²) in [5, 5.41) is 8.39. The molecule has 0 aromatic carbocycles. The lowest BCUT2D eigenvalue weighted by atomic mass is 9.67. The molecule has 3 heteroatoms. The smallest absolute Gasteiger partial charge is 0.0678 e. The summed E-state index contributed by atoms with van der Waals surface area (Å²) in [7, 11) is 2.10. The molecule has 0 bridgehead atoms. The number of aryl methyl sites for hydroxylation is 1. The van der Waals surface area contributed by atoms with E-state index in [0.717, 1.165) is 5.92 Å². The number of nitrogens with one attached hydrogen (secondary N) is 1. The Kier molecular flexibility index (Phi) is 4.82. The SMILES string of the molecule is CCC(C)(C)C1CCC(NC)C(n2nc(C)c(C)c2C)C1. The number of likely N-dealkylation sites (N-methyl/N-ethyl adjacent to an activating group) is 1. The van der Waals surface area contributed by atoms with E-state index in [1.54, 1.807) is 0 Å². The molecule has 3 atom stereocenters. The van der Waals surface area contributed by atoms with Gasteiger partial charge in [0.2, 0.25) is 0 Å². The summed E-state index contributed by atoms with van der Waals surface area (Å²) in [6.07, 6.45) is 5.09. The zero-order valence-corrected chi connectivity index (χ0v) is 15.0. The molecule has 1 aliphatic rings. The molecule has 3 nitrogen and oxygen atoms in total. The van der Waals surface area contributed by atoms with Crippen molar-refractivity contribution in [3.63, 3.8) is 0 Å². The van der Waals surface area contributed by atoms with E-state index < -0.39 is 0 Å². The second kappa shape index (κ2) is 6.12. The quantitative estimate of drug-likeness (QED) is 0.902. The minimum atomic E-state index is 0.433. The molecule has 1 saturated carbocycles. The molecule has 1 aromatic heterocycles. The maximum atomic E-state index is 4.85. The van der Waals surface area contributed by atoms with Gasteiger partial charge >= 0.3 is 0 Å². The van der Waals surface area contributed by atoms with Gasteiger partial charge in [-0.25, -0.2) is 0 Å². The zero-order chi connectivity index (χ0) is 15.8. The molecule has 1 heterocycles. The van der Waals surface area contributed by atoms with E-state index in [1.807, 2.05) is 0 Å². The second-order valence-electron chi connectivity index (χ2n) is 7.56. The van der Waals surface area contributed by atoms with Gasteiger partial charge in [0.1, 0.15) is 0 Å². The largest absolute Gasteiger partial charge is 0.315 e. The lowest BCUT2D eigenvalue weighted by Crippen LogP contribution is -2.43. The monoisotopic (exact) mass is 291 g/mol. The predicted octanol–water partition coefficient (Wildman–Crippen LogP) is 4.17. The van der Waals surface area contributed by atoms with Crippen LogP contribution in [0.15, 0.2) is 0 Å². The zero-order valence-electron chi connectivity index (χ0n) is 15.0. The van der Waals surface area contributed by atoms with Gasteiger partial charge in [0, 0.05) is 11.7 Å². The highest BCUT2D eigenvalue weighted by molar-refractivity contribution is 5.23. The third kappa shape index (κ3) is 3.03. The molecule has 1 aromatic rings. The molecule has 2 rings (SSSR count). The lowest BCUT2D eigenvalue weighted by molar-refractivity contribution is 0.0974. The molecule has 120 valence electrons. The molecule has 1 fully saturated rings. The van der Waals surface area contributed by atoms with Crippen molar-refractivity contribution < 1.29 is 0 Å². The van der Waals surface area contributed by atoms with E-state index >= 15 is 0 Å². The maximum absolute atomic E-state index is 4.85. The van der Waals surface area contributed by atoms with Gasteiger partial charge in [-0.1, -0.05) is 27.2 Å². The van der Waals surface area contributed by atoms with Gasteiger partial charge in [-0.2, -0.15) is 5.10 Å². The first kappa shape index (κ1) is 16.5. The first-order chi connectivity index (χ1) is 9.81. The van der Waals surface area contributed by atoms with Gasteiger partial charge in [-0.05, 0) is 64.0 Å². The standard InChI is InChI=1S/C18H33N3/c1-8-18(5,6)15-9-10-16(19-7)17(11-15)21-14(4)12(2)13(3)20-21/h15-17,19H,8-11H2,1-7H3. The van der Waals surface area contributed by atoms with Crippen LogP contribution in [0.5, 0.6) is 0 Å². The molecule has 0 aliphatic heterocycles. The van der Waals surface area contributed by atoms with E-state index in [0.29, 0.717) is 17.5 Å². The summed E-state index contributed by atoms with van der Waals surface area (Å²) < 4.78 is 2.31. The van der Waals surface area contributed by atoms with Gasteiger partial charge in [-0.15, -0.1) is 0 Å². The van der Waals surface area contributed by atoms with Crippen LogP contribution < -0.4 is 5.32 Å². The summed E-state index contributed by atoms with van der Waals surface area (Å²) in [5.41, 5.74) is 4.30. The molecular formula is C18H33N3. The number of hydrogen-bond acceptors (Lipinski definition) is 2. The van der Waals surface area contributed by atoms with Crippen molar-refractivity contribution in [2.45, 2.75) is 79.3 Å². The van der Waals surface area contributed by atoms with Crippen molar-refractivity contribution in [3.05, 3.63) is 17.0 Å². The minimum Gasteiger partial charge on any atom is -0.315 e. The molecule has 1 N–H and O–H groups in total. The van der Waals surface area contributed by atoms with E-state index in [2.05, 4.69) is 58.6 Å². The van der Waals surface area contributed by atoms with Crippen LogP contribution in [0.3, 0.4) is 0 Å². The highest BCUT2D eigenvalue weighted by Gasteiger charge is 2.38. The maximum Gasteiger partial charge on any atom is 0.0678 e. The Labute approximate surface area is 130 Å². The van der Waals surface area contributed by atoms with Crippen LogP contribution >= 0.6 is 0 Å². The van der Waals surface area contributed by atoms with E-state index in [4.69, 9.17) is 5.10 Å². The van der Waals surface area contributed by atoms with Crippen molar-refractivity contribution in [2.24, 2.45) is 11.3 Å². The van der Waals surface area contributed by atoms with Crippen LogP contribution in [0.1, 0.15) is 69.4 Å². The Morgan fingerprint density at radius 2 is 1.90 bits per heavy atom. The van der Waals surface area contributed by atoms with Gasteiger partial charge in [-0.3, -0.25) is 4.68 Å². The van der Waals surface area contributed by atoms with Gasteiger partial charge in [0.05, 0.1) is 11.7 Å². The Morgan fingerprint density at radius 3 is 2.38 bits per heavy atom.